The molecule has 0 atom stereocenters. The average molecular weight is 530 g/mol. The number of hydrogen-bond donors (Lipinski definition) is 0. The summed E-state index contributed by atoms with van der Waals surface area (Å²) in [6.07, 6.45) is 1.86. The van der Waals surface area contributed by atoms with Crippen molar-refractivity contribution in [2.45, 2.75) is 66.2 Å². The Morgan fingerprint density at radius 3 is 2.24 bits per heavy atom. The van der Waals surface area contributed by atoms with Gasteiger partial charge in [0.2, 0.25) is 10.8 Å². The highest BCUT2D eigenvalue weighted by molar-refractivity contribution is 7.15. The second-order valence-electron chi connectivity index (χ2n) is 11.6. The first kappa shape index (κ1) is 25.9. The summed E-state index contributed by atoms with van der Waals surface area (Å²) in [5, 5.41) is 5.49. The van der Waals surface area contributed by atoms with E-state index < -0.39 is 0 Å². The van der Waals surface area contributed by atoms with E-state index in [0.717, 1.165) is 33.2 Å². The minimum Gasteiger partial charge on any atom is -0.452 e. The number of aryl methyl sites for hydroxylation is 1. The highest BCUT2D eigenvalue weighted by Gasteiger charge is 2.29. The van der Waals surface area contributed by atoms with Gasteiger partial charge in [0.25, 0.3) is 5.56 Å². The second kappa shape index (κ2) is 8.91. The van der Waals surface area contributed by atoms with Crippen molar-refractivity contribution in [3.05, 3.63) is 73.5 Å². The van der Waals surface area contributed by atoms with Crippen LogP contribution in [-0.4, -0.2) is 20.6 Å². The fraction of sp³-hybridized carbons (Fsp3) is 0.333. The second-order valence-corrected chi connectivity index (χ2v) is 12.6. The van der Waals surface area contributed by atoms with Gasteiger partial charge < -0.3 is 9.15 Å². The zero-order chi connectivity index (χ0) is 27.6. The maximum Gasteiger partial charge on any atom is 0.308 e. The SMILES string of the molecule is CC(=O)Oc1c(C(C)(C)C)cc(/C=c2\sc3nc(-c4oc5ccccc5c4C)nn3c2=O)cc1C(C)(C)C. The van der Waals surface area contributed by atoms with Crippen molar-refractivity contribution in [2.24, 2.45) is 0 Å². The predicted molar refractivity (Wildman–Crippen MR) is 151 cm³/mol. The van der Waals surface area contributed by atoms with Crippen LogP contribution in [0.2, 0.25) is 0 Å². The lowest BCUT2D eigenvalue weighted by Crippen LogP contribution is -2.24. The average Bonchev–Trinajstić information content (AvgIpc) is 3.46. The molecule has 38 heavy (non-hydrogen) atoms. The molecule has 3 aromatic heterocycles. The summed E-state index contributed by atoms with van der Waals surface area (Å²) in [5.74, 6) is 1.19. The first-order valence-corrected chi connectivity index (χ1v) is 13.3. The Labute approximate surface area is 224 Å². The van der Waals surface area contributed by atoms with Gasteiger partial charge in [-0.05, 0) is 47.6 Å². The number of benzene rings is 2. The summed E-state index contributed by atoms with van der Waals surface area (Å²) in [7, 11) is 0. The third-order valence-electron chi connectivity index (χ3n) is 6.50. The van der Waals surface area contributed by atoms with Gasteiger partial charge in [-0.1, -0.05) is 71.1 Å². The van der Waals surface area contributed by atoms with Crippen LogP contribution in [0.5, 0.6) is 5.75 Å². The lowest BCUT2D eigenvalue weighted by Gasteiger charge is -2.29. The van der Waals surface area contributed by atoms with E-state index in [0.29, 0.717) is 26.8 Å². The third-order valence-corrected chi connectivity index (χ3v) is 7.46. The van der Waals surface area contributed by atoms with Gasteiger partial charge in [-0.15, -0.1) is 5.10 Å². The monoisotopic (exact) mass is 529 g/mol. The van der Waals surface area contributed by atoms with Crippen LogP contribution < -0.4 is 14.8 Å². The summed E-state index contributed by atoms with van der Waals surface area (Å²) < 4.78 is 13.6. The number of carbonyl (C=O) groups is 1. The number of hydrogen-bond acceptors (Lipinski definition) is 7. The van der Waals surface area contributed by atoms with Crippen molar-refractivity contribution >= 4 is 39.3 Å². The highest BCUT2D eigenvalue weighted by atomic mass is 32.1. The molecule has 0 amide bonds. The zero-order valence-electron chi connectivity index (χ0n) is 22.9. The number of rotatable bonds is 3. The van der Waals surface area contributed by atoms with E-state index in [2.05, 4.69) is 51.6 Å². The lowest BCUT2D eigenvalue weighted by molar-refractivity contribution is -0.132. The molecule has 0 N–H and O–H groups in total. The van der Waals surface area contributed by atoms with E-state index in [-0.39, 0.29) is 22.4 Å². The molecule has 0 bridgehead atoms. The van der Waals surface area contributed by atoms with E-state index in [9.17, 15) is 9.59 Å². The summed E-state index contributed by atoms with van der Waals surface area (Å²) in [6, 6.07) is 11.8. The van der Waals surface area contributed by atoms with E-state index in [1.54, 1.807) is 0 Å². The Balaban J connectivity index is 1.66. The van der Waals surface area contributed by atoms with Crippen LogP contribution in [0, 0.1) is 6.92 Å². The standard InChI is InChI=1S/C30H31N3O4S/c1-16-19-11-9-10-12-22(19)37-24(16)26-31-28-33(32-26)27(35)23(38-28)15-18-13-20(29(3,4)5)25(36-17(2)34)21(14-18)30(6,7)8/h9-15H,1-8H3/b23-15-. The molecule has 0 fully saturated rings. The fourth-order valence-corrected chi connectivity index (χ4v) is 5.48. The maximum atomic E-state index is 13.4. The normalized spacial score (nSPS) is 13.1. The van der Waals surface area contributed by atoms with Crippen LogP contribution in [0.15, 0.2) is 45.6 Å². The molecule has 5 aromatic rings. The Bertz CT molecular complexity index is 1790. The van der Waals surface area contributed by atoms with Crippen LogP contribution >= 0.6 is 11.3 Å². The van der Waals surface area contributed by atoms with Crippen LogP contribution in [-0.2, 0) is 15.6 Å². The molecule has 7 nitrogen and oxygen atoms in total. The van der Waals surface area contributed by atoms with Gasteiger partial charge in [-0.2, -0.15) is 9.50 Å². The molecule has 5 rings (SSSR count). The molecule has 0 spiro atoms. The number of esters is 1. The summed E-state index contributed by atoms with van der Waals surface area (Å²) in [6.45, 7) is 15.9. The molecular weight excluding hydrogens is 498 g/mol. The van der Waals surface area contributed by atoms with Gasteiger partial charge in [-0.25, -0.2) is 0 Å². The minimum atomic E-state index is -0.361. The van der Waals surface area contributed by atoms with Gasteiger partial charge in [0.05, 0.1) is 4.53 Å². The van der Waals surface area contributed by atoms with Crippen molar-refractivity contribution in [1.82, 2.24) is 14.6 Å². The number of ether oxygens (including phenoxy) is 1. The lowest BCUT2D eigenvalue weighted by atomic mass is 9.78. The minimum absolute atomic E-state index is 0.240. The number of fused-ring (bicyclic) bond motifs is 2. The Hall–Kier alpha value is -3.78. The quantitative estimate of drug-likeness (QED) is 0.212. The number of aromatic nitrogens is 3. The topological polar surface area (TPSA) is 86.7 Å². The Kier molecular flexibility index (Phi) is 6.06. The third kappa shape index (κ3) is 4.53. The molecule has 2 aromatic carbocycles. The molecule has 0 radical (unpaired) electrons. The molecule has 196 valence electrons. The van der Waals surface area contributed by atoms with Gasteiger partial charge in [0.1, 0.15) is 11.3 Å². The summed E-state index contributed by atoms with van der Waals surface area (Å²) >= 11 is 1.28. The van der Waals surface area contributed by atoms with E-state index in [1.165, 1.54) is 22.8 Å². The van der Waals surface area contributed by atoms with Crippen molar-refractivity contribution in [1.29, 1.82) is 0 Å². The zero-order valence-corrected chi connectivity index (χ0v) is 23.7. The summed E-state index contributed by atoms with van der Waals surface area (Å²) in [5.41, 5.74) is 3.54. The molecule has 0 aliphatic rings. The molecule has 0 saturated carbocycles. The first-order chi connectivity index (χ1) is 17.7. The van der Waals surface area contributed by atoms with Gasteiger partial charge in [0, 0.05) is 29.0 Å². The van der Waals surface area contributed by atoms with E-state index in [1.807, 2.05) is 49.4 Å². The molecule has 0 unspecified atom stereocenters. The number of nitrogens with zero attached hydrogens (tertiary/aromatic N) is 3. The van der Waals surface area contributed by atoms with Crippen LogP contribution in [0.25, 0.3) is 33.6 Å². The van der Waals surface area contributed by atoms with Crippen LogP contribution in [0.3, 0.4) is 0 Å². The molecule has 0 aliphatic heterocycles. The fourth-order valence-electron chi connectivity index (χ4n) is 4.57. The Morgan fingerprint density at radius 2 is 1.68 bits per heavy atom. The molecule has 3 heterocycles. The number of thiazole rings is 1. The number of furan rings is 1. The van der Waals surface area contributed by atoms with Crippen molar-refractivity contribution in [3.8, 4) is 17.3 Å². The number of carbonyl (C=O) groups excluding carboxylic acids is 1. The van der Waals surface area contributed by atoms with Crippen molar-refractivity contribution in [2.75, 3.05) is 0 Å². The molecule has 8 heteroatoms. The van der Waals surface area contributed by atoms with Crippen LogP contribution in [0.1, 0.15) is 70.7 Å². The smallest absolute Gasteiger partial charge is 0.308 e. The van der Waals surface area contributed by atoms with E-state index >= 15 is 0 Å². The first-order valence-electron chi connectivity index (χ1n) is 12.5. The predicted octanol–water partition coefficient (Wildman–Crippen LogP) is 5.94. The largest absolute Gasteiger partial charge is 0.452 e. The maximum absolute atomic E-state index is 13.4. The molecular formula is C30H31N3O4S. The van der Waals surface area contributed by atoms with Gasteiger partial charge >= 0.3 is 5.97 Å². The van der Waals surface area contributed by atoms with Crippen LogP contribution in [0.4, 0.5) is 0 Å². The van der Waals surface area contributed by atoms with Gasteiger partial charge in [-0.3, -0.25) is 9.59 Å². The van der Waals surface area contributed by atoms with E-state index in [4.69, 9.17) is 9.15 Å². The van der Waals surface area contributed by atoms with Crippen molar-refractivity contribution < 1.29 is 13.9 Å². The Morgan fingerprint density at radius 1 is 1.05 bits per heavy atom. The molecule has 0 aliphatic carbocycles. The highest BCUT2D eigenvalue weighted by Crippen LogP contribution is 2.41. The molecule has 0 saturated heterocycles. The van der Waals surface area contributed by atoms with Gasteiger partial charge in [0.15, 0.2) is 5.76 Å². The number of para-hydroxylation sites is 1. The summed E-state index contributed by atoms with van der Waals surface area (Å²) in [4.78, 5) is 30.4. The van der Waals surface area contributed by atoms with Crippen molar-refractivity contribution in [3.63, 3.8) is 0 Å².